The summed E-state index contributed by atoms with van der Waals surface area (Å²) in [6.45, 7) is 31.1. The minimum Gasteiger partial charge on any atom is -0.481 e. The minimum atomic E-state index is -0.849. The molecule has 26 heteroatoms. The van der Waals surface area contributed by atoms with Gasteiger partial charge in [0.15, 0.2) is 0 Å². The smallest absolute Gasteiger partial charge is 0.319 e. The number of aliphatic hydroxyl groups excluding tert-OH is 1. The van der Waals surface area contributed by atoms with Crippen molar-refractivity contribution < 1.29 is 87.1 Å². The molecule has 6 amide bonds. The lowest BCUT2D eigenvalue weighted by molar-refractivity contribution is -0.172. The molecule has 1 aromatic carbocycles. The molecule has 1 heterocycles. The Morgan fingerprint density at radius 1 is 0.432 bits per heavy atom. The Bertz CT molecular complexity index is 2890. The molecule has 1 saturated heterocycles. The van der Waals surface area contributed by atoms with E-state index in [1.54, 1.807) is 13.0 Å². The number of unbranched alkanes of at least 4 members (excludes halogenated alkanes) is 24. The first-order chi connectivity index (χ1) is 63.4. The van der Waals surface area contributed by atoms with Gasteiger partial charge in [-0.3, -0.25) is 47.9 Å². The highest BCUT2D eigenvalue weighted by molar-refractivity contribution is 6.18. The van der Waals surface area contributed by atoms with Crippen LogP contribution in [0.4, 0.5) is 10.5 Å². The molecule has 0 spiro atoms. The van der Waals surface area contributed by atoms with Crippen LogP contribution in [0.1, 0.15) is 456 Å². The van der Waals surface area contributed by atoms with Crippen LogP contribution in [-0.4, -0.2) is 119 Å². The quantitative estimate of drug-likeness (QED) is 0.00723. The van der Waals surface area contributed by atoms with Gasteiger partial charge in [0.2, 0.25) is 23.6 Å². The Kier molecular flexibility index (Phi) is 102. The predicted molar refractivity (Wildman–Crippen MR) is 541 cm³/mol. The number of anilines is 1. The monoisotopic (exact) mass is 1890 g/mol. The summed E-state index contributed by atoms with van der Waals surface area (Å²) in [5.74, 6) is -3.23. The molecule has 25 nitrogen and oxygen atoms in total. The first kappa shape index (κ1) is 136. The van der Waals surface area contributed by atoms with Gasteiger partial charge in [0, 0.05) is 54.6 Å². The Morgan fingerprint density at radius 2 is 0.742 bits per heavy atom. The minimum absolute atomic E-state index is 0.0296. The molecule has 1 fully saturated rings. The molecule has 1 aromatic rings. The van der Waals surface area contributed by atoms with Crippen LogP contribution in [0.5, 0.6) is 0 Å². The number of carbonyl (C=O) groups excluding carboxylic acids is 10. The number of nitrogens with one attached hydrogen (secondary N) is 2. The standard InChI is InChI=1S/C22H37N3O2.C15H30ClNO.C15H32N2O.C15H28O4.C15H26O3.C14H29NO2.C9H12O4.CH2O/c1-3-5-8-12-18(16-19(21(23)26)13-9-6-4-2)17-24-22(27)25-20-14-10-7-11-15-20;2*1-3-5-7-9-13(12-16)11-14(15(17)18)10-8-6-4-2;1-3-5-7-9-12(14(16)17)11-13(15(18)19)10-8-6-4-2;1-3-5-7-9-12-11-13(10-8-6-4-2)15(17)18-14(12)16;1-3-5-7-9-12(14(15)17)11-13(16)10-8-6-4-2;1-3-12-8(10)6-5-7-9(11)13-4-2;1-2/h7,10-11,14-15,18-19H,3-6,8-9,12-13,16-17H2,1-2H3,(H2,23,26)(H2,24,25,27);13-14H,3-12H2,1-2H3,(H2,17,18);13-14H,3-12,16H2,1-2H3,(H2,17,18);12-13H,3-11H2,1-2H3,(H,16,17)(H,18,19);12-13H,3-11H2,1-2H3;12-13,16H,3-11H2,1-2H3,(H2,15,17);1H,4-7H2,2H3;1H2/t18-,19?;2*13-,14?;12-,13-;12-,13+;12-,13-;;/m0000.0../s1. The predicted octanol–water partition coefficient (Wildman–Crippen LogP) is 24.2. The van der Waals surface area contributed by atoms with E-state index in [1.807, 2.05) is 37.1 Å². The molecule has 2 rings (SSSR count). The van der Waals surface area contributed by atoms with Crippen molar-refractivity contribution in [1.29, 1.82) is 0 Å². The molecule has 0 bridgehead atoms. The van der Waals surface area contributed by atoms with Crippen LogP contribution in [0.25, 0.3) is 0 Å². The number of hydrogen-bond donors (Lipinski definition) is 10. The summed E-state index contributed by atoms with van der Waals surface area (Å²) in [6, 6.07) is 9.19. The fourth-order valence-corrected chi connectivity index (χ4v) is 16.1. The number of hydrogen-bond acceptors (Lipinski definition) is 17. The van der Waals surface area contributed by atoms with Crippen molar-refractivity contribution in [2.45, 2.75) is 462 Å². The zero-order valence-corrected chi connectivity index (χ0v) is 86.2. The number of ether oxygens (including phenoxy) is 3. The largest absolute Gasteiger partial charge is 0.481 e. The molecule has 1 aliphatic rings. The van der Waals surface area contributed by atoms with E-state index in [1.165, 1.54) is 70.6 Å². The summed E-state index contributed by atoms with van der Waals surface area (Å²) in [5, 5.41) is 34.0. The van der Waals surface area contributed by atoms with Crippen LogP contribution in [0.2, 0.25) is 0 Å². The average molecular weight is 1890 g/mol. The number of primary amides is 4. The van der Waals surface area contributed by atoms with Gasteiger partial charge in [-0.15, -0.1) is 11.6 Å². The molecule has 1 aliphatic heterocycles. The van der Waals surface area contributed by atoms with Gasteiger partial charge in [0.05, 0.1) is 36.4 Å². The third-order valence-electron chi connectivity index (χ3n) is 24.1. The number of aliphatic carboxylic acids is 2. The van der Waals surface area contributed by atoms with Crippen LogP contribution in [0.15, 0.2) is 30.3 Å². The fraction of sp³-hybridized carbons (Fsp3) is 0.811. The number of para-hydroxylation sites is 1. The van der Waals surface area contributed by atoms with Crippen LogP contribution < -0.4 is 39.3 Å². The number of halogens is 1. The second-order valence-electron chi connectivity index (χ2n) is 36.1. The lowest BCUT2D eigenvalue weighted by Gasteiger charge is -2.26. The molecule has 15 N–H and O–H groups in total. The summed E-state index contributed by atoms with van der Waals surface area (Å²) < 4.78 is 13.8. The number of carboxylic acids is 2. The van der Waals surface area contributed by atoms with Crippen molar-refractivity contribution in [2.75, 3.05) is 30.9 Å². The SMILES string of the molecule is C#COC(=O)CCCC(=O)OCC.C=O.CCCCCC(C[C@@H](CCl)CCCCC)C(N)=O.CCCCCC(C[C@@H](CN)CCCCC)C(N)=O.CCCCCC(C[C@H](CCCCC)CNC(=O)Nc1ccccc1)C(N)=O.CCCCC[C@@H](C[C@H](CCCCC)C(=O)O)C(=O)O.CCCCC[C@@H]1C[C@H](CCCCC)C(=O)OC1=O.CCCCC[C@H](O)C[C@H](CCCCC)C(N)=O. The molecule has 0 saturated carbocycles. The van der Waals surface area contributed by atoms with Crippen LogP contribution in [-0.2, 0) is 67.0 Å². The van der Waals surface area contributed by atoms with Crippen LogP contribution in [0, 0.1) is 77.6 Å². The molecular weight excluding hydrogens is 1690 g/mol. The summed E-state index contributed by atoms with van der Waals surface area (Å²) in [6.07, 6.45) is 61.9. The highest BCUT2D eigenvalue weighted by atomic mass is 35.5. The lowest BCUT2D eigenvalue weighted by atomic mass is 9.85. The highest BCUT2D eigenvalue weighted by Gasteiger charge is 2.36. The van der Waals surface area contributed by atoms with Gasteiger partial charge in [-0.2, -0.15) is 0 Å². The van der Waals surface area contributed by atoms with E-state index in [9.17, 15) is 68.1 Å². The Hall–Kier alpha value is -7.17. The van der Waals surface area contributed by atoms with Gasteiger partial charge in [-0.25, -0.2) is 4.79 Å². The van der Waals surface area contributed by atoms with Gasteiger partial charge < -0.3 is 73.6 Å². The van der Waals surface area contributed by atoms with E-state index < -0.39 is 29.7 Å². The molecule has 3 unspecified atom stereocenters. The van der Waals surface area contributed by atoms with Crippen molar-refractivity contribution in [3.05, 3.63) is 30.3 Å². The first-order valence-corrected chi connectivity index (χ1v) is 52.4. The number of rotatable bonds is 74. The number of aliphatic hydroxyl groups is 1. The molecule has 12 atom stereocenters. The third kappa shape index (κ3) is 85.7. The van der Waals surface area contributed by atoms with E-state index in [2.05, 4.69) is 103 Å². The maximum Gasteiger partial charge on any atom is 0.319 e. The number of urea groups is 1. The molecule has 0 aromatic heterocycles. The average Bonchev–Trinajstić information content (AvgIpc) is 0.843. The number of alkyl halides is 1. The van der Waals surface area contributed by atoms with Gasteiger partial charge in [-0.1, -0.05) is 339 Å². The Morgan fingerprint density at radius 3 is 1.08 bits per heavy atom. The maximum atomic E-state index is 12.2. The van der Waals surface area contributed by atoms with Gasteiger partial charge >= 0.3 is 41.8 Å². The van der Waals surface area contributed by atoms with Crippen LogP contribution in [0.3, 0.4) is 0 Å². The van der Waals surface area contributed by atoms with Crippen molar-refractivity contribution in [3.8, 4) is 12.5 Å². The van der Waals surface area contributed by atoms with Gasteiger partial charge in [0.1, 0.15) is 12.9 Å². The first-order valence-electron chi connectivity index (χ1n) is 51.9. The number of nitrogens with two attached hydrogens (primary N) is 5. The number of cyclic esters (lactones) is 2. The number of terminal acetylenes is 1. The van der Waals surface area contributed by atoms with Crippen molar-refractivity contribution in [3.63, 3.8) is 0 Å². The summed E-state index contributed by atoms with van der Waals surface area (Å²) in [4.78, 5) is 133. The van der Waals surface area contributed by atoms with Gasteiger partial charge in [-0.05, 0) is 165 Å². The zero-order valence-electron chi connectivity index (χ0n) is 85.5. The van der Waals surface area contributed by atoms with Crippen molar-refractivity contribution in [2.24, 2.45) is 93.8 Å². The number of esters is 4. The lowest BCUT2D eigenvalue weighted by Crippen LogP contribution is -2.35. The Labute approximate surface area is 807 Å². The normalized spacial score (nSPS) is 14.6. The zero-order chi connectivity index (χ0) is 101. The second kappa shape index (κ2) is 99.8. The van der Waals surface area contributed by atoms with E-state index >= 15 is 0 Å². The van der Waals surface area contributed by atoms with E-state index in [-0.39, 0.29) is 114 Å². The molecule has 132 heavy (non-hydrogen) atoms. The number of carbonyl (C=O) groups is 12. The van der Waals surface area contributed by atoms with Crippen molar-refractivity contribution in [1.82, 2.24) is 5.32 Å². The molecule has 0 aliphatic carbocycles. The third-order valence-corrected chi connectivity index (χ3v) is 24.6. The highest BCUT2D eigenvalue weighted by Crippen LogP contribution is 2.32. The fourth-order valence-electron chi connectivity index (χ4n) is 15.8. The van der Waals surface area contributed by atoms with E-state index in [0.29, 0.717) is 69.5 Å². The van der Waals surface area contributed by atoms with Crippen molar-refractivity contribution >= 4 is 89.6 Å². The summed E-state index contributed by atoms with van der Waals surface area (Å²) in [5.41, 5.74) is 28.6. The molecule has 770 valence electrons. The summed E-state index contributed by atoms with van der Waals surface area (Å²) >= 11 is 6.00. The maximum absolute atomic E-state index is 12.2. The molecular formula is C106H196ClN7O18. The Balaban J connectivity index is -0.000000353. The summed E-state index contributed by atoms with van der Waals surface area (Å²) in [7, 11) is 0. The second-order valence-corrected chi connectivity index (χ2v) is 36.4. The number of benzene rings is 1. The molecule has 0 radical (unpaired) electrons. The van der Waals surface area contributed by atoms with E-state index in [0.717, 1.165) is 250 Å². The van der Waals surface area contributed by atoms with Gasteiger partial charge in [0.25, 0.3) is 0 Å². The van der Waals surface area contributed by atoms with E-state index in [4.69, 9.17) is 56.2 Å². The van der Waals surface area contributed by atoms with Crippen LogP contribution >= 0.6 is 11.6 Å². The topological polar surface area (TPSA) is 447 Å². The number of carboxylic acid groups (broad SMARTS) is 2. The number of amides is 6.